The van der Waals surface area contributed by atoms with Crippen molar-refractivity contribution in [3.05, 3.63) is 52.7 Å². The third-order valence-corrected chi connectivity index (χ3v) is 3.76. The van der Waals surface area contributed by atoms with Crippen molar-refractivity contribution in [1.82, 2.24) is 4.98 Å². The lowest BCUT2D eigenvalue weighted by molar-refractivity contribution is 0.103. The van der Waals surface area contributed by atoms with Gasteiger partial charge in [-0.3, -0.25) is 4.79 Å². The molecule has 0 fully saturated rings. The van der Waals surface area contributed by atoms with Crippen LogP contribution in [0.4, 0.5) is 11.5 Å². The molecule has 2 aromatic rings. The van der Waals surface area contributed by atoms with Crippen LogP contribution in [0.25, 0.3) is 0 Å². The highest BCUT2D eigenvalue weighted by atomic mass is 16.1. The van der Waals surface area contributed by atoms with Gasteiger partial charge < -0.3 is 11.1 Å². The van der Waals surface area contributed by atoms with Gasteiger partial charge in [0, 0.05) is 24.0 Å². The van der Waals surface area contributed by atoms with Crippen molar-refractivity contribution in [1.29, 1.82) is 0 Å². The molecule has 0 bridgehead atoms. The maximum Gasteiger partial charge on any atom is 0.197 e. The van der Waals surface area contributed by atoms with Crippen molar-refractivity contribution in [2.24, 2.45) is 0 Å². The molecule has 1 aromatic heterocycles. The van der Waals surface area contributed by atoms with Crippen LogP contribution in [-0.4, -0.2) is 17.3 Å². The Morgan fingerprint density at radius 2 is 2.20 bits per heavy atom. The van der Waals surface area contributed by atoms with E-state index in [0.29, 0.717) is 11.4 Å². The second-order valence-corrected chi connectivity index (χ2v) is 5.08. The lowest BCUT2D eigenvalue weighted by Crippen LogP contribution is -2.17. The molecule has 1 aliphatic heterocycles. The molecular weight excluding hydrogens is 250 g/mol. The topological polar surface area (TPSA) is 68.0 Å². The fourth-order valence-electron chi connectivity index (χ4n) is 2.73. The number of hydrogen-bond donors (Lipinski definition) is 2. The number of rotatable bonds is 2. The standard InChI is InChI=1S/C16H17N3O/c1-10-7-9-19-16(17)14(10)15(20)12-4-2-6-13-11(12)5-3-8-18-13/h2,4,6-7,9,18H,3,5,8H2,1H3,(H2,17,19). The number of anilines is 2. The minimum Gasteiger partial charge on any atom is -0.385 e. The number of carbonyl (C=O) groups excluding carboxylic acids is 1. The minimum atomic E-state index is -0.0337. The lowest BCUT2D eigenvalue weighted by Gasteiger charge is -2.20. The molecule has 0 atom stereocenters. The van der Waals surface area contributed by atoms with Crippen LogP contribution in [0.15, 0.2) is 30.5 Å². The summed E-state index contributed by atoms with van der Waals surface area (Å²) in [6, 6.07) is 7.62. The molecule has 3 N–H and O–H groups in total. The molecule has 0 spiro atoms. The molecule has 3 rings (SSSR count). The Morgan fingerprint density at radius 3 is 3.00 bits per heavy atom. The minimum absolute atomic E-state index is 0.0337. The quantitative estimate of drug-likeness (QED) is 0.821. The SMILES string of the molecule is Cc1ccnc(N)c1C(=O)c1cccc2c1CCCN2. The number of nitrogen functional groups attached to an aromatic ring is 1. The van der Waals surface area contributed by atoms with E-state index in [0.717, 1.165) is 41.8 Å². The molecule has 20 heavy (non-hydrogen) atoms. The maximum atomic E-state index is 12.8. The van der Waals surface area contributed by atoms with Gasteiger partial charge in [-0.25, -0.2) is 4.98 Å². The highest BCUT2D eigenvalue weighted by Gasteiger charge is 2.21. The first-order valence-electron chi connectivity index (χ1n) is 6.80. The van der Waals surface area contributed by atoms with Crippen molar-refractivity contribution in [3.63, 3.8) is 0 Å². The summed E-state index contributed by atoms with van der Waals surface area (Å²) in [5.74, 6) is 0.269. The van der Waals surface area contributed by atoms with Crippen LogP contribution >= 0.6 is 0 Å². The van der Waals surface area contributed by atoms with Gasteiger partial charge in [-0.1, -0.05) is 12.1 Å². The van der Waals surface area contributed by atoms with Gasteiger partial charge in [-0.2, -0.15) is 0 Å². The molecular formula is C16H17N3O. The molecule has 4 nitrogen and oxygen atoms in total. The summed E-state index contributed by atoms with van der Waals surface area (Å²) in [6.45, 7) is 2.84. The van der Waals surface area contributed by atoms with Gasteiger partial charge >= 0.3 is 0 Å². The van der Waals surface area contributed by atoms with Gasteiger partial charge in [0.1, 0.15) is 5.82 Å². The number of aryl methyl sites for hydroxylation is 1. The van der Waals surface area contributed by atoms with Crippen LogP contribution in [0, 0.1) is 6.92 Å². The van der Waals surface area contributed by atoms with Gasteiger partial charge in [0.25, 0.3) is 0 Å². The number of fused-ring (bicyclic) bond motifs is 1. The number of ketones is 1. The van der Waals surface area contributed by atoms with Crippen LogP contribution in [-0.2, 0) is 6.42 Å². The van der Waals surface area contributed by atoms with Gasteiger partial charge in [0.2, 0.25) is 0 Å². The highest BCUT2D eigenvalue weighted by Crippen LogP contribution is 2.28. The largest absolute Gasteiger partial charge is 0.385 e. The predicted molar refractivity (Wildman–Crippen MR) is 80.1 cm³/mol. The average Bonchev–Trinajstić information content (AvgIpc) is 2.46. The highest BCUT2D eigenvalue weighted by molar-refractivity contribution is 6.14. The van der Waals surface area contributed by atoms with Crippen LogP contribution in [0.1, 0.15) is 33.5 Å². The number of aromatic nitrogens is 1. The van der Waals surface area contributed by atoms with Crippen LogP contribution in [0.5, 0.6) is 0 Å². The fourth-order valence-corrected chi connectivity index (χ4v) is 2.73. The van der Waals surface area contributed by atoms with Crippen molar-refractivity contribution in [2.75, 3.05) is 17.6 Å². The number of nitrogens with two attached hydrogens (primary N) is 1. The van der Waals surface area contributed by atoms with E-state index in [-0.39, 0.29) is 5.78 Å². The predicted octanol–water partition coefficient (Wildman–Crippen LogP) is 2.56. The summed E-state index contributed by atoms with van der Waals surface area (Å²) in [6.07, 6.45) is 3.59. The van der Waals surface area contributed by atoms with Gasteiger partial charge in [0.05, 0.1) is 5.56 Å². The summed E-state index contributed by atoms with van der Waals surface area (Å²) in [7, 11) is 0. The first-order valence-corrected chi connectivity index (χ1v) is 6.80. The molecule has 102 valence electrons. The van der Waals surface area contributed by atoms with E-state index in [9.17, 15) is 4.79 Å². The van der Waals surface area contributed by atoms with Crippen LogP contribution in [0.2, 0.25) is 0 Å². The fraction of sp³-hybridized carbons (Fsp3) is 0.250. The molecule has 0 radical (unpaired) electrons. The van der Waals surface area contributed by atoms with E-state index in [2.05, 4.69) is 10.3 Å². The molecule has 2 heterocycles. The van der Waals surface area contributed by atoms with Gasteiger partial charge in [-0.05, 0) is 43.0 Å². The Labute approximate surface area is 118 Å². The number of carbonyl (C=O) groups is 1. The summed E-state index contributed by atoms with van der Waals surface area (Å²) in [5, 5.41) is 3.34. The second kappa shape index (κ2) is 4.96. The smallest absolute Gasteiger partial charge is 0.197 e. The Kier molecular flexibility index (Phi) is 3.14. The summed E-state index contributed by atoms with van der Waals surface area (Å²) >= 11 is 0. The normalized spacial score (nSPS) is 13.4. The van der Waals surface area contributed by atoms with E-state index < -0.39 is 0 Å². The van der Waals surface area contributed by atoms with E-state index in [1.54, 1.807) is 6.20 Å². The Balaban J connectivity index is 2.12. The zero-order valence-corrected chi connectivity index (χ0v) is 11.4. The average molecular weight is 267 g/mol. The monoisotopic (exact) mass is 267 g/mol. The Morgan fingerprint density at radius 1 is 1.35 bits per heavy atom. The third-order valence-electron chi connectivity index (χ3n) is 3.76. The number of hydrogen-bond acceptors (Lipinski definition) is 4. The molecule has 0 saturated heterocycles. The number of nitrogens with one attached hydrogen (secondary N) is 1. The summed E-state index contributed by atoms with van der Waals surface area (Å²) in [4.78, 5) is 16.9. The van der Waals surface area contributed by atoms with Crippen molar-refractivity contribution >= 4 is 17.3 Å². The summed E-state index contributed by atoms with van der Waals surface area (Å²) in [5.41, 5.74) is 10.2. The summed E-state index contributed by atoms with van der Waals surface area (Å²) < 4.78 is 0. The molecule has 0 unspecified atom stereocenters. The lowest BCUT2D eigenvalue weighted by atomic mass is 9.91. The van der Waals surface area contributed by atoms with Crippen LogP contribution < -0.4 is 11.1 Å². The van der Waals surface area contributed by atoms with Gasteiger partial charge in [0.15, 0.2) is 5.78 Å². The molecule has 0 amide bonds. The van der Waals surface area contributed by atoms with Gasteiger partial charge in [-0.15, -0.1) is 0 Å². The van der Waals surface area contributed by atoms with E-state index in [1.807, 2.05) is 31.2 Å². The van der Waals surface area contributed by atoms with Crippen molar-refractivity contribution in [2.45, 2.75) is 19.8 Å². The number of nitrogens with zero attached hydrogens (tertiary/aromatic N) is 1. The first-order chi connectivity index (χ1) is 9.68. The Bertz CT molecular complexity index is 659. The molecule has 0 saturated carbocycles. The third kappa shape index (κ3) is 2.03. The second-order valence-electron chi connectivity index (χ2n) is 5.08. The number of pyridine rings is 1. The molecule has 1 aliphatic rings. The zero-order chi connectivity index (χ0) is 14.1. The van der Waals surface area contributed by atoms with Crippen LogP contribution in [0.3, 0.4) is 0 Å². The molecule has 0 aliphatic carbocycles. The maximum absolute atomic E-state index is 12.8. The van der Waals surface area contributed by atoms with E-state index in [1.165, 1.54) is 0 Å². The zero-order valence-electron chi connectivity index (χ0n) is 11.4. The number of benzene rings is 1. The van der Waals surface area contributed by atoms with E-state index >= 15 is 0 Å². The van der Waals surface area contributed by atoms with Crippen molar-refractivity contribution < 1.29 is 4.79 Å². The molecule has 4 heteroatoms. The first kappa shape index (κ1) is 12.7. The van der Waals surface area contributed by atoms with E-state index in [4.69, 9.17) is 5.73 Å². The molecule has 1 aromatic carbocycles. The Hall–Kier alpha value is -2.36. The van der Waals surface area contributed by atoms with Crippen molar-refractivity contribution in [3.8, 4) is 0 Å².